The van der Waals surface area contributed by atoms with E-state index in [1.165, 1.54) is 0 Å². The highest BCUT2D eigenvalue weighted by Gasteiger charge is 2.42. The number of thiocarbonyl (C=S) groups is 1. The van der Waals surface area contributed by atoms with Crippen LogP contribution in [0.3, 0.4) is 0 Å². The van der Waals surface area contributed by atoms with Crippen molar-refractivity contribution in [3.05, 3.63) is 131 Å². The van der Waals surface area contributed by atoms with Crippen LogP contribution in [0.2, 0.25) is 5.02 Å². The Bertz CT molecular complexity index is 1640. The molecule has 2 aromatic heterocycles. The number of hydrogen-bond acceptors (Lipinski definition) is 4. The van der Waals surface area contributed by atoms with Gasteiger partial charge in [-0.2, -0.15) is 0 Å². The Kier molecular flexibility index (Phi) is 6.81. The number of nitrogens with zero attached hydrogens (tertiary/aromatic N) is 2. The standard InChI is InChI=1S/C32H26ClN3O2S/c1-20-10-11-22(33)19-25(20)28-16-17-29(38-28)31-30(26-8-5-6-18-34-26)35-32(39)36(31)23-12-14-24(15-13-23)37-27-9-4-3-7-21(27)2/h3-19,30-31H,1-2H3,(H,35,39)/t30-,31+/m1/s1. The van der Waals surface area contributed by atoms with Crippen molar-refractivity contribution in [3.63, 3.8) is 0 Å². The lowest BCUT2D eigenvalue weighted by molar-refractivity contribution is 0.439. The van der Waals surface area contributed by atoms with Crippen molar-refractivity contribution in [3.8, 4) is 22.8 Å². The van der Waals surface area contributed by atoms with Crippen molar-refractivity contribution in [2.45, 2.75) is 25.9 Å². The topological polar surface area (TPSA) is 50.5 Å². The summed E-state index contributed by atoms with van der Waals surface area (Å²) in [7, 11) is 0. The van der Waals surface area contributed by atoms with Crippen molar-refractivity contribution in [1.29, 1.82) is 0 Å². The highest BCUT2D eigenvalue weighted by Crippen LogP contribution is 2.43. The number of anilines is 1. The summed E-state index contributed by atoms with van der Waals surface area (Å²) < 4.78 is 12.6. The van der Waals surface area contributed by atoms with Gasteiger partial charge in [0.05, 0.1) is 11.7 Å². The second-order valence-corrected chi connectivity index (χ2v) is 10.3. The first-order chi connectivity index (χ1) is 19.0. The van der Waals surface area contributed by atoms with Crippen LogP contribution in [0, 0.1) is 13.8 Å². The zero-order valence-corrected chi connectivity index (χ0v) is 23.0. The monoisotopic (exact) mass is 551 g/mol. The average Bonchev–Trinajstić information content (AvgIpc) is 3.57. The molecule has 0 bridgehead atoms. The number of aryl methyl sites for hydroxylation is 2. The Balaban J connectivity index is 1.37. The summed E-state index contributed by atoms with van der Waals surface area (Å²) in [6.45, 7) is 4.08. The Morgan fingerprint density at radius 2 is 1.69 bits per heavy atom. The molecule has 5 aromatic rings. The number of ether oxygens (including phenoxy) is 1. The van der Waals surface area contributed by atoms with E-state index in [4.69, 9.17) is 33.0 Å². The van der Waals surface area contributed by atoms with Crippen molar-refractivity contribution in [2.24, 2.45) is 0 Å². The van der Waals surface area contributed by atoms with Gasteiger partial charge in [0.1, 0.15) is 29.1 Å². The lowest BCUT2D eigenvalue weighted by atomic mass is 10.0. The Morgan fingerprint density at radius 1 is 0.897 bits per heavy atom. The first-order valence-electron chi connectivity index (χ1n) is 12.7. The molecule has 3 heterocycles. The SMILES string of the molecule is Cc1ccccc1Oc1ccc(N2C(=S)N[C@H](c3ccccn3)[C@@H]2c2ccc(-c3cc(Cl)ccc3C)o2)cc1. The Hall–Kier alpha value is -4.13. The highest BCUT2D eigenvalue weighted by atomic mass is 35.5. The summed E-state index contributed by atoms with van der Waals surface area (Å²) in [6.07, 6.45) is 1.79. The molecule has 1 fully saturated rings. The molecule has 1 saturated heterocycles. The molecular formula is C32H26ClN3O2S. The molecule has 0 unspecified atom stereocenters. The zero-order chi connectivity index (χ0) is 26.9. The number of nitrogens with one attached hydrogen (secondary N) is 1. The zero-order valence-electron chi connectivity index (χ0n) is 21.5. The van der Waals surface area contributed by atoms with Crippen LogP contribution in [0.1, 0.15) is 34.7 Å². The van der Waals surface area contributed by atoms with E-state index in [2.05, 4.69) is 15.2 Å². The summed E-state index contributed by atoms with van der Waals surface area (Å²) in [5, 5.41) is 4.74. The first kappa shape index (κ1) is 25.2. The van der Waals surface area contributed by atoms with E-state index in [1.54, 1.807) is 6.20 Å². The first-order valence-corrected chi connectivity index (χ1v) is 13.5. The fourth-order valence-corrected chi connectivity index (χ4v) is 5.43. The fourth-order valence-electron chi connectivity index (χ4n) is 4.91. The number of rotatable bonds is 6. The van der Waals surface area contributed by atoms with Gasteiger partial charge in [0.25, 0.3) is 0 Å². The summed E-state index contributed by atoms with van der Waals surface area (Å²) in [4.78, 5) is 6.71. The van der Waals surface area contributed by atoms with E-state index < -0.39 is 0 Å². The third-order valence-electron chi connectivity index (χ3n) is 6.92. The maximum absolute atomic E-state index is 6.50. The van der Waals surface area contributed by atoms with E-state index in [1.807, 2.05) is 111 Å². The van der Waals surface area contributed by atoms with Gasteiger partial charge in [-0.1, -0.05) is 41.9 Å². The van der Waals surface area contributed by atoms with Crippen LogP contribution in [0.25, 0.3) is 11.3 Å². The van der Waals surface area contributed by atoms with Gasteiger partial charge in [-0.25, -0.2) is 0 Å². The second kappa shape index (κ2) is 10.6. The van der Waals surface area contributed by atoms with E-state index in [9.17, 15) is 0 Å². The van der Waals surface area contributed by atoms with Crippen LogP contribution in [-0.2, 0) is 0 Å². The van der Waals surface area contributed by atoms with Crippen LogP contribution in [-0.4, -0.2) is 10.1 Å². The van der Waals surface area contributed by atoms with Gasteiger partial charge in [0.15, 0.2) is 5.11 Å². The van der Waals surface area contributed by atoms with Crippen molar-refractivity contribution < 1.29 is 9.15 Å². The number of pyridine rings is 1. The van der Waals surface area contributed by atoms with Crippen LogP contribution in [0.15, 0.2) is 108 Å². The molecular weight excluding hydrogens is 526 g/mol. The van der Waals surface area contributed by atoms with Crippen molar-refractivity contribution in [1.82, 2.24) is 10.3 Å². The third kappa shape index (κ3) is 5.01. The molecule has 2 atom stereocenters. The minimum absolute atomic E-state index is 0.207. The number of aromatic nitrogens is 1. The van der Waals surface area contributed by atoms with Crippen LogP contribution < -0.4 is 15.0 Å². The molecule has 6 rings (SSSR count). The van der Waals surface area contributed by atoms with Gasteiger partial charge in [-0.3, -0.25) is 4.98 Å². The summed E-state index contributed by atoms with van der Waals surface area (Å²) >= 11 is 12.2. The summed E-state index contributed by atoms with van der Waals surface area (Å²) in [6, 6.07) is 31.1. The molecule has 0 aliphatic carbocycles. The predicted octanol–water partition coefficient (Wildman–Crippen LogP) is 8.58. The third-order valence-corrected chi connectivity index (χ3v) is 7.47. The number of halogens is 1. The summed E-state index contributed by atoms with van der Waals surface area (Å²) in [5.41, 5.74) is 4.92. The molecule has 1 aliphatic rings. The second-order valence-electron chi connectivity index (χ2n) is 9.52. The molecule has 3 aromatic carbocycles. The van der Waals surface area contributed by atoms with Gasteiger partial charge in [-0.05, 0) is 104 Å². The number of furan rings is 1. The number of hydrogen-bond donors (Lipinski definition) is 1. The largest absolute Gasteiger partial charge is 0.459 e. The van der Waals surface area contributed by atoms with Gasteiger partial charge in [-0.15, -0.1) is 0 Å². The lowest BCUT2D eigenvalue weighted by Gasteiger charge is -2.26. The lowest BCUT2D eigenvalue weighted by Crippen LogP contribution is -2.29. The molecule has 0 radical (unpaired) electrons. The normalized spacial score (nSPS) is 16.8. The van der Waals surface area contributed by atoms with Gasteiger partial charge < -0.3 is 19.4 Å². The molecule has 1 aliphatic heterocycles. The average molecular weight is 552 g/mol. The minimum atomic E-state index is -0.260. The smallest absolute Gasteiger partial charge is 0.174 e. The molecule has 39 heavy (non-hydrogen) atoms. The Labute approximate surface area is 238 Å². The van der Waals surface area contributed by atoms with E-state index in [0.717, 1.165) is 51.1 Å². The molecule has 0 saturated carbocycles. The van der Waals surface area contributed by atoms with Crippen LogP contribution in [0.5, 0.6) is 11.5 Å². The van der Waals surface area contributed by atoms with Crippen LogP contribution in [0.4, 0.5) is 5.69 Å². The molecule has 1 N–H and O–H groups in total. The predicted molar refractivity (Wildman–Crippen MR) is 160 cm³/mol. The minimum Gasteiger partial charge on any atom is -0.459 e. The van der Waals surface area contributed by atoms with Crippen LogP contribution >= 0.6 is 23.8 Å². The van der Waals surface area contributed by atoms with Crippen molar-refractivity contribution >= 4 is 34.6 Å². The van der Waals surface area contributed by atoms with E-state index >= 15 is 0 Å². The fraction of sp³-hybridized carbons (Fsp3) is 0.125. The molecule has 0 amide bonds. The van der Waals surface area contributed by atoms with Gasteiger partial charge >= 0.3 is 0 Å². The van der Waals surface area contributed by atoms with Gasteiger partial charge in [0, 0.05) is 22.5 Å². The van der Waals surface area contributed by atoms with E-state index in [0.29, 0.717) is 10.1 Å². The molecule has 7 heteroatoms. The highest BCUT2D eigenvalue weighted by molar-refractivity contribution is 7.80. The maximum atomic E-state index is 6.50. The van der Waals surface area contributed by atoms with Crippen molar-refractivity contribution in [2.75, 3.05) is 4.90 Å². The number of para-hydroxylation sites is 1. The maximum Gasteiger partial charge on any atom is 0.174 e. The van der Waals surface area contributed by atoms with Gasteiger partial charge in [0.2, 0.25) is 0 Å². The molecule has 5 nitrogen and oxygen atoms in total. The number of benzene rings is 3. The quantitative estimate of drug-likeness (QED) is 0.213. The summed E-state index contributed by atoms with van der Waals surface area (Å²) in [5.74, 6) is 3.11. The Morgan fingerprint density at radius 3 is 2.46 bits per heavy atom. The van der Waals surface area contributed by atoms with E-state index in [-0.39, 0.29) is 12.1 Å². The molecule has 194 valence electrons. The molecule has 0 spiro atoms.